The Morgan fingerprint density at radius 3 is 2.89 bits per heavy atom. The Kier molecular flexibility index (Phi) is 4.33. The summed E-state index contributed by atoms with van der Waals surface area (Å²) < 4.78 is 4.67. The molecule has 3 heteroatoms. The molecule has 0 saturated heterocycles. The molecule has 0 aliphatic heterocycles. The van der Waals surface area contributed by atoms with Crippen LogP contribution in [0.5, 0.6) is 0 Å². The Bertz CT molecular complexity index is 110. The lowest BCUT2D eigenvalue weighted by Crippen LogP contribution is -2.08. The fourth-order valence-corrected chi connectivity index (χ4v) is 0.369. The van der Waals surface area contributed by atoms with Gasteiger partial charge < -0.3 is 4.74 Å². The van der Waals surface area contributed by atoms with E-state index in [1.54, 1.807) is 0 Å². The van der Waals surface area contributed by atoms with Crippen LogP contribution in [0.2, 0.25) is 0 Å². The summed E-state index contributed by atoms with van der Waals surface area (Å²) in [6.45, 7) is 5.64. The number of hydrogen-bond acceptors (Lipinski definition) is 2. The minimum Gasteiger partial charge on any atom is -0.462 e. The van der Waals surface area contributed by atoms with E-state index in [0.717, 1.165) is 6.08 Å². The van der Waals surface area contributed by atoms with Crippen molar-refractivity contribution in [1.82, 2.24) is 0 Å². The number of carbonyl (C=O) groups excluding carboxylic acids is 1. The van der Waals surface area contributed by atoms with Crippen molar-refractivity contribution < 1.29 is 9.53 Å². The molecule has 0 aromatic rings. The van der Waals surface area contributed by atoms with Gasteiger partial charge in [-0.25, -0.2) is 4.79 Å². The van der Waals surface area contributed by atoms with Gasteiger partial charge in [-0.05, 0) is 0 Å². The molecule has 2 atom stereocenters. The monoisotopic (exact) mass is 146 g/mol. The molecular formula is C6H11O2P. The van der Waals surface area contributed by atoms with Gasteiger partial charge in [0, 0.05) is 11.7 Å². The van der Waals surface area contributed by atoms with E-state index in [1.807, 2.05) is 6.92 Å². The van der Waals surface area contributed by atoms with E-state index in [-0.39, 0.29) is 5.97 Å². The van der Waals surface area contributed by atoms with Crippen LogP contribution in [0, 0.1) is 0 Å². The molecule has 0 bridgehead atoms. The van der Waals surface area contributed by atoms with E-state index in [9.17, 15) is 4.79 Å². The van der Waals surface area contributed by atoms with Gasteiger partial charge in [-0.15, -0.1) is 9.24 Å². The Morgan fingerprint density at radius 2 is 2.56 bits per heavy atom. The predicted molar refractivity (Wildman–Crippen MR) is 40.3 cm³/mol. The summed E-state index contributed by atoms with van der Waals surface area (Å²) in [5.41, 5.74) is 0.314. The molecule has 0 saturated carbocycles. The van der Waals surface area contributed by atoms with Crippen LogP contribution in [-0.2, 0) is 9.53 Å². The van der Waals surface area contributed by atoms with Crippen molar-refractivity contribution in [3.05, 3.63) is 12.7 Å². The van der Waals surface area contributed by atoms with Gasteiger partial charge >= 0.3 is 5.97 Å². The molecule has 0 heterocycles. The zero-order chi connectivity index (χ0) is 7.28. The normalized spacial score (nSPS) is 12.2. The van der Waals surface area contributed by atoms with Gasteiger partial charge in [0.25, 0.3) is 0 Å². The van der Waals surface area contributed by atoms with Crippen molar-refractivity contribution in [2.24, 2.45) is 0 Å². The van der Waals surface area contributed by atoms with Crippen LogP contribution in [0.25, 0.3) is 0 Å². The molecule has 0 aromatic heterocycles. The average Bonchev–Trinajstić information content (AvgIpc) is 1.83. The van der Waals surface area contributed by atoms with Gasteiger partial charge in [0.05, 0.1) is 6.61 Å². The Labute approximate surface area is 57.5 Å². The summed E-state index contributed by atoms with van der Waals surface area (Å²) in [7, 11) is 2.53. The molecule has 2 nitrogen and oxygen atoms in total. The van der Waals surface area contributed by atoms with Crippen molar-refractivity contribution in [2.45, 2.75) is 12.6 Å². The van der Waals surface area contributed by atoms with E-state index >= 15 is 0 Å². The molecule has 0 amide bonds. The van der Waals surface area contributed by atoms with E-state index in [4.69, 9.17) is 0 Å². The molecule has 9 heavy (non-hydrogen) atoms. The fraction of sp³-hybridized carbons (Fsp3) is 0.500. The van der Waals surface area contributed by atoms with Gasteiger partial charge in [0.2, 0.25) is 0 Å². The van der Waals surface area contributed by atoms with Crippen molar-refractivity contribution >= 4 is 15.2 Å². The molecule has 0 spiro atoms. The molecule has 0 rings (SSSR count). The van der Waals surface area contributed by atoms with Crippen molar-refractivity contribution in [1.29, 1.82) is 0 Å². The summed E-state index contributed by atoms with van der Waals surface area (Å²) in [6.07, 6.45) is 1.16. The maximum absolute atomic E-state index is 10.4. The van der Waals surface area contributed by atoms with Gasteiger partial charge in [0.1, 0.15) is 0 Å². The smallest absolute Gasteiger partial charge is 0.330 e. The third kappa shape index (κ3) is 5.51. The lowest BCUT2D eigenvalue weighted by molar-refractivity contribution is -0.137. The molecule has 0 radical (unpaired) electrons. The summed E-state index contributed by atoms with van der Waals surface area (Å²) in [5, 5.41) is 0. The number of carbonyl (C=O) groups is 1. The van der Waals surface area contributed by atoms with E-state index in [1.165, 1.54) is 0 Å². The van der Waals surface area contributed by atoms with Crippen LogP contribution in [0.4, 0.5) is 0 Å². The predicted octanol–water partition coefficient (Wildman–Crippen LogP) is 0.979. The molecule has 2 unspecified atom stereocenters. The summed E-state index contributed by atoms with van der Waals surface area (Å²) >= 11 is 0. The Hall–Kier alpha value is -0.360. The average molecular weight is 146 g/mol. The zero-order valence-electron chi connectivity index (χ0n) is 5.46. The second-order valence-corrected chi connectivity index (χ2v) is 2.95. The second kappa shape index (κ2) is 4.51. The standard InChI is InChI=1S/C6H11O2P/c1-3-6(7)8-4-5(2)9/h3,5H,1,4,9H2,2H3. The highest BCUT2D eigenvalue weighted by atomic mass is 31.0. The first-order valence-corrected chi connectivity index (χ1v) is 3.38. The van der Waals surface area contributed by atoms with Gasteiger partial charge in [-0.2, -0.15) is 0 Å². The van der Waals surface area contributed by atoms with Crippen molar-refractivity contribution in [3.8, 4) is 0 Å². The molecule has 52 valence electrons. The van der Waals surface area contributed by atoms with Gasteiger partial charge in [0.15, 0.2) is 0 Å². The first-order valence-electron chi connectivity index (χ1n) is 2.71. The Morgan fingerprint density at radius 1 is 2.00 bits per heavy atom. The summed E-state index contributed by atoms with van der Waals surface area (Å²) in [5.74, 6) is -0.357. The van der Waals surface area contributed by atoms with Gasteiger partial charge in [-0.1, -0.05) is 13.5 Å². The number of hydrogen-bond donors (Lipinski definition) is 0. The third-order valence-corrected chi connectivity index (χ3v) is 0.848. The summed E-state index contributed by atoms with van der Waals surface area (Å²) in [4.78, 5) is 10.4. The van der Waals surface area contributed by atoms with Gasteiger partial charge in [-0.3, -0.25) is 0 Å². The summed E-state index contributed by atoms with van der Waals surface area (Å²) in [6, 6.07) is 0. The second-order valence-electron chi connectivity index (χ2n) is 1.81. The SMILES string of the molecule is C=CC(=O)OCC(C)P. The van der Waals surface area contributed by atoms with Crippen molar-refractivity contribution in [2.75, 3.05) is 6.61 Å². The molecule has 0 aromatic carbocycles. The Balaban J connectivity index is 3.27. The number of esters is 1. The van der Waals surface area contributed by atoms with Crippen LogP contribution in [0.15, 0.2) is 12.7 Å². The highest BCUT2D eigenvalue weighted by molar-refractivity contribution is 7.17. The largest absolute Gasteiger partial charge is 0.462 e. The van der Waals surface area contributed by atoms with Crippen LogP contribution in [-0.4, -0.2) is 18.2 Å². The minimum atomic E-state index is -0.357. The minimum absolute atomic E-state index is 0.314. The van der Waals surface area contributed by atoms with Crippen LogP contribution in [0.1, 0.15) is 6.92 Å². The van der Waals surface area contributed by atoms with E-state index < -0.39 is 0 Å². The maximum Gasteiger partial charge on any atom is 0.330 e. The highest BCUT2D eigenvalue weighted by Gasteiger charge is 1.96. The van der Waals surface area contributed by atoms with Crippen LogP contribution < -0.4 is 0 Å². The van der Waals surface area contributed by atoms with Crippen LogP contribution >= 0.6 is 9.24 Å². The topological polar surface area (TPSA) is 26.3 Å². The molecule has 0 fully saturated rings. The van der Waals surface area contributed by atoms with Crippen LogP contribution in [0.3, 0.4) is 0 Å². The number of rotatable bonds is 3. The van der Waals surface area contributed by atoms with E-state index in [0.29, 0.717) is 12.3 Å². The zero-order valence-corrected chi connectivity index (χ0v) is 6.62. The number of ether oxygens (including phenoxy) is 1. The first kappa shape index (κ1) is 8.64. The lowest BCUT2D eigenvalue weighted by Gasteiger charge is -2.02. The maximum atomic E-state index is 10.4. The fourth-order valence-electron chi connectivity index (χ4n) is 0.273. The van der Waals surface area contributed by atoms with E-state index in [2.05, 4.69) is 20.6 Å². The lowest BCUT2D eigenvalue weighted by atomic mass is 10.5. The molecular weight excluding hydrogens is 135 g/mol. The highest BCUT2D eigenvalue weighted by Crippen LogP contribution is 1.97. The molecule has 0 N–H and O–H groups in total. The molecule has 0 aliphatic carbocycles. The quantitative estimate of drug-likeness (QED) is 0.337. The first-order chi connectivity index (χ1) is 4.16. The molecule has 0 aliphatic rings. The van der Waals surface area contributed by atoms with Crippen molar-refractivity contribution in [3.63, 3.8) is 0 Å². The third-order valence-electron chi connectivity index (χ3n) is 0.655.